The molecule has 1 aliphatic heterocycles. The minimum atomic E-state index is -3.54. The van der Waals surface area contributed by atoms with Crippen LogP contribution in [0.4, 0.5) is 0 Å². The van der Waals surface area contributed by atoms with E-state index in [2.05, 4.69) is 9.71 Å². The highest BCUT2D eigenvalue weighted by atomic mass is 32.2. The first kappa shape index (κ1) is 19.3. The molecular weight excluding hydrogens is 366 g/mol. The van der Waals surface area contributed by atoms with Crippen molar-refractivity contribution >= 4 is 15.9 Å². The second-order valence-corrected chi connectivity index (χ2v) is 8.23. The third-order valence-corrected chi connectivity index (χ3v) is 5.99. The lowest BCUT2D eigenvalue weighted by molar-refractivity contribution is -0.134. The van der Waals surface area contributed by atoms with Gasteiger partial charge in [0, 0.05) is 32.0 Å². The Labute approximate surface area is 159 Å². The van der Waals surface area contributed by atoms with Crippen molar-refractivity contribution in [3.8, 4) is 5.75 Å². The summed E-state index contributed by atoms with van der Waals surface area (Å²) < 4.78 is 32.6. The number of carbonyl (C=O) groups excluding carboxylic acids is 1. The first-order chi connectivity index (χ1) is 13.0. The summed E-state index contributed by atoms with van der Waals surface area (Å²) >= 11 is 0. The van der Waals surface area contributed by atoms with Gasteiger partial charge >= 0.3 is 0 Å². The number of benzene rings is 1. The highest BCUT2D eigenvalue weighted by molar-refractivity contribution is 7.89. The Morgan fingerprint density at radius 3 is 2.56 bits per heavy atom. The fourth-order valence-corrected chi connectivity index (χ4v) is 4.04. The zero-order valence-corrected chi connectivity index (χ0v) is 15.8. The lowest BCUT2D eigenvalue weighted by Crippen LogP contribution is -2.43. The summed E-state index contributed by atoms with van der Waals surface area (Å²) in [4.78, 5) is 18.0. The van der Waals surface area contributed by atoms with Gasteiger partial charge < -0.3 is 9.64 Å². The quantitative estimate of drug-likeness (QED) is 0.778. The summed E-state index contributed by atoms with van der Waals surface area (Å²) in [6.07, 6.45) is 4.38. The van der Waals surface area contributed by atoms with Gasteiger partial charge in [-0.2, -0.15) is 0 Å². The molecule has 0 spiro atoms. The molecule has 144 valence electrons. The summed E-state index contributed by atoms with van der Waals surface area (Å²) in [6, 6.07) is 12.3. The minimum Gasteiger partial charge on any atom is -0.484 e. The Morgan fingerprint density at radius 2 is 1.89 bits per heavy atom. The number of nitrogens with one attached hydrogen (secondary N) is 1. The van der Waals surface area contributed by atoms with Gasteiger partial charge in [-0.3, -0.25) is 9.78 Å². The van der Waals surface area contributed by atoms with Crippen molar-refractivity contribution in [1.29, 1.82) is 0 Å². The molecule has 0 bridgehead atoms. The zero-order chi connectivity index (χ0) is 19.1. The average molecular weight is 389 g/mol. The first-order valence-electron chi connectivity index (χ1n) is 8.90. The van der Waals surface area contributed by atoms with E-state index < -0.39 is 10.0 Å². The monoisotopic (exact) mass is 389 g/mol. The van der Waals surface area contributed by atoms with Crippen LogP contribution < -0.4 is 9.46 Å². The molecule has 1 saturated heterocycles. The van der Waals surface area contributed by atoms with E-state index in [4.69, 9.17) is 4.74 Å². The van der Waals surface area contributed by atoms with Crippen LogP contribution in [0.2, 0.25) is 0 Å². The van der Waals surface area contributed by atoms with Crippen LogP contribution >= 0.6 is 0 Å². The van der Waals surface area contributed by atoms with E-state index in [0.29, 0.717) is 25.4 Å². The molecule has 27 heavy (non-hydrogen) atoms. The van der Waals surface area contributed by atoms with Gasteiger partial charge in [-0.1, -0.05) is 18.2 Å². The largest absolute Gasteiger partial charge is 0.484 e. The van der Waals surface area contributed by atoms with Crippen molar-refractivity contribution in [2.45, 2.75) is 17.7 Å². The fourth-order valence-electron chi connectivity index (χ4n) is 2.96. The Bertz CT molecular complexity index is 836. The van der Waals surface area contributed by atoms with Crippen molar-refractivity contribution in [1.82, 2.24) is 14.6 Å². The Morgan fingerprint density at radius 1 is 1.15 bits per heavy atom. The van der Waals surface area contributed by atoms with Crippen LogP contribution in [0, 0.1) is 5.92 Å². The number of aromatic nitrogens is 1. The van der Waals surface area contributed by atoms with Crippen LogP contribution in [0.3, 0.4) is 0 Å². The summed E-state index contributed by atoms with van der Waals surface area (Å²) in [5, 5.41) is 0. The molecule has 1 fully saturated rings. The number of carbonyl (C=O) groups is 1. The highest BCUT2D eigenvalue weighted by Crippen LogP contribution is 2.18. The van der Waals surface area contributed by atoms with Crippen LogP contribution in [0.25, 0.3) is 0 Å². The number of para-hydroxylation sites is 1. The molecule has 0 aliphatic carbocycles. The second kappa shape index (κ2) is 8.96. The second-order valence-electron chi connectivity index (χ2n) is 6.47. The van der Waals surface area contributed by atoms with Crippen molar-refractivity contribution in [2.75, 3.05) is 26.2 Å². The molecule has 0 saturated carbocycles. The molecule has 3 rings (SSSR count). The number of nitrogens with zero attached hydrogens (tertiary/aromatic N) is 2. The van der Waals surface area contributed by atoms with Gasteiger partial charge in [0.15, 0.2) is 6.61 Å². The summed E-state index contributed by atoms with van der Waals surface area (Å²) in [5.41, 5.74) is 0. The molecule has 1 aromatic carbocycles. The van der Waals surface area contributed by atoms with E-state index >= 15 is 0 Å². The lowest BCUT2D eigenvalue weighted by atomic mass is 9.97. The Hall–Kier alpha value is -2.45. The molecule has 1 aliphatic rings. The van der Waals surface area contributed by atoms with Crippen LogP contribution in [0.1, 0.15) is 12.8 Å². The minimum absolute atomic E-state index is 0.0162. The van der Waals surface area contributed by atoms with Gasteiger partial charge in [-0.15, -0.1) is 0 Å². The van der Waals surface area contributed by atoms with E-state index in [9.17, 15) is 13.2 Å². The number of ether oxygens (including phenoxy) is 1. The summed E-state index contributed by atoms with van der Waals surface area (Å²) in [7, 11) is -3.54. The van der Waals surface area contributed by atoms with Crippen molar-refractivity contribution in [3.63, 3.8) is 0 Å². The number of pyridine rings is 1. The summed E-state index contributed by atoms with van der Waals surface area (Å²) in [5.74, 6) is 0.828. The molecule has 1 amide bonds. The summed E-state index contributed by atoms with van der Waals surface area (Å²) in [6.45, 7) is 1.59. The van der Waals surface area contributed by atoms with Crippen molar-refractivity contribution in [2.24, 2.45) is 5.92 Å². The molecule has 1 N–H and O–H groups in total. The van der Waals surface area contributed by atoms with Crippen LogP contribution in [-0.4, -0.2) is 50.5 Å². The number of likely N-dealkylation sites (tertiary alicyclic amines) is 1. The smallest absolute Gasteiger partial charge is 0.260 e. The molecule has 2 aromatic rings. The topological polar surface area (TPSA) is 88.6 Å². The molecular formula is C19H23N3O4S. The number of sulfonamides is 1. The number of hydrogen-bond acceptors (Lipinski definition) is 5. The molecule has 0 unspecified atom stereocenters. The van der Waals surface area contributed by atoms with Gasteiger partial charge in [0.1, 0.15) is 10.6 Å². The van der Waals surface area contributed by atoms with Gasteiger partial charge in [0.05, 0.1) is 0 Å². The normalized spacial score (nSPS) is 15.5. The first-order valence-corrected chi connectivity index (χ1v) is 10.4. The lowest BCUT2D eigenvalue weighted by Gasteiger charge is -2.32. The Balaban J connectivity index is 1.41. The SMILES string of the molecule is O=C(COc1ccccc1)N1CCC(CNS(=O)(=O)c2cccnc2)CC1. The van der Waals surface area contributed by atoms with Crippen molar-refractivity contribution in [3.05, 3.63) is 54.9 Å². The molecule has 1 aromatic heterocycles. The van der Waals surface area contributed by atoms with Gasteiger partial charge in [0.2, 0.25) is 10.0 Å². The van der Waals surface area contributed by atoms with Crippen LogP contribution in [-0.2, 0) is 14.8 Å². The molecule has 7 nitrogen and oxygen atoms in total. The van der Waals surface area contributed by atoms with E-state index in [1.54, 1.807) is 11.0 Å². The third kappa shape index (κ3) is 5.51. The van der Waals surface area contributed by atoms with Crippen molar-refractivity contribution < 1.29 is 17.9 Å². The maximum absolute atomic E-state index is 12.3. The van der Waals surface area contributed by atoms with Crippen LogP contribution in [0.15, 0.2) is 59.8 Å². The maximum atomic E-state index is 12.3. The van der Waals surface area contributed by atoms with E-state index in [-0.39, 0.29) is 23.3 Å². The highest BCUT2D eigenvalue weighted by Gasteiger charge is 2.24. The average Bonchev–Trinajstić information content (AvgIpc) is 2.72. The van der Waals surface area contributed by atoms with E-state index in [1.165, 1.54) is 18.5 Å². The van der Waals surface area contributed by atoms with Gasteiger partial charge in [-0.05, 0) is 43.0 Å². The number of rotatable bonds is 7. The van der Waals surface area contributed by atoms with E-state index in [0.717, 1.165) is 12.8 Å². The molecule has 0 atom stereocenters. The Kier molecular flexibility index (Phi) is 6.41. The van der Waals surface area contributed by atoms with Crippen LogP contribution in [0.5, 0.6) is 5.75 Å². The predicted molar refractivity (Wildman–Crippen MR) is 101 cm³/mol. The predicted octanol–water partition coefficient (Wildman–Crippen LogP) is 1.68. The molecule has 8 heteroatoms. The van der Waals surface area contributed by atoms with E-state index in [1.807, 2.05) is 30.3 Å². The number of amides is 1. The number of piperidine rings is 1. The van der Waals surface area contributed by atoms with Gasteiger partial charge in [-0.25, -0.2) is 13.1 Å². The fraction of sp³-hybridized carbons (Fsp3) is 0.368. The molecule has 0 radical (unpaired) electrons. The van der Waals surface area contributed by atoms with Gasteiger partial charge in [0.25, 0.3) is 5.91 Å². The number of hydrogen-bond donors (Lipinski definition) is 1. The zero-order valence-electron chi connectivity index (χ0n) is 15.0. The maximum Gasteiger partial charge on any atom is 0.260 e. The third-order valence-electron chi connectivity index (χ3n) is 4.58. The molecule has 2 heterocycles. The standard InChI is InChI=1S/C19H23N3O4S/c23-19(15-26-17-5-2-1-3-6-17)22-11-8-16(9-12-22)13-21-27(24,25)18-7-4-10-20-14-18/h1-7,10,14,16,21H,8-9,11-13,15H2.